The SMILES string of the molecule is CC(C)(C)NC(=S)NC(=O)c1cc([N+](=O)[O-])cc([N+](=O)[O-])c1. The average molecular weight is 326 g/mol. The second-order valence-corrected chi connectivity index (χ2v) is 5.82. The fraction of sp³-hybridized carbons (Fsp3) is 0.333. The molecule has 0 saturated heterocycles. The van der Waals surface area contributed by atoms with Crippen LogP contribution in [0.4, 0.5) is 11.4 Å². The van der Waals surface area contributed by atoms with Gasteiger partial charge in [0, 0.05) is 17.7 Å². The molecule has 0 radical (unpaired) electrons. The summed E-state index contributed by atoms with van der Waals surface area (Å²) in [6.45, 7) is 5.47. The van der Waals surface area contributed by atoms with Crippen LogP contribution >= 0.6 is 12.2 Å². The standard InChI is InChI=1S/C12H14N4O5S/c1-12(2,3)14-11(22)13-10(17)7-4-8(15(18)19)6-9(5-7)16(20)21/h4-6H,1-3H3,(H2,13,14,17,22). The van der Waals surface area contributed by atoms with Crippen LogP contribution in [0.25, 0.3) is 0 Å². The Morgan fingerprint density at radius 1 is 1.09 bits per heavy atom. The molecule has 0 aliphatic carbocycles. The van der Waals surface area contributed by atoms with Crippen LogP contribution in [-0.2, 0) is 0 Å². The molecule has 0 aromatic heterocycles. The molecule has 1 rings (SSSR count). The number of nitrogens with zero attached hydrogens (tertiary/aromatic N) is 2. The molecule has 0 aliphatic rings. The fourth-order valence-electron chi connectivity index (χ4n) is 1.48. The van der Waals surface area contributed by atoms with Crippen molar-refractivity contribution in [1.82, 2.24) is 10.6 Å². The molecular formula is C12H14N4O5S. The maximum absolute atomic E-state index is 12.0. The number of carbonyl (C=O) groups is 1. The number of hydrogen-bond donors (Lipinski definition) is 2. The van der Waals surface area contributed by atoms with Gasteiger partial charge in [0.05, 0.1) is 21.5 Å². The Morgan fingerprint density at radius 2 is 1.55 bits per heavy atom. The van der Waals surface area contributed by atoms with Gasteiger partial charge in [0.1, 0.15) is 0 Å². The van der Waals surface area contributed by atoms with Crippen LogP contribution < -0.4 is 10.6 Å². The molecule has 0 unspecified atom stereocenters. The minimum absolute atomic E-state index is 0.0201. The summed E-state index contributed by atoms with van der Waals surface area (Å²) in [6.07, 6.45) is 0. The second kappa shape index (κ2) is 6.43. The predicted octanol–water partition coefficient (Wildman–Crippen LogP) is 1.91. The first-order valence-electron chi connectivity index (χ1n) is 6.07. The third-order valence-electron chi connectivity index (χ3n) is 2.30. The van der Waals surface area contributed by atoms with Gasteiger partial charge >= 0.3 is 0 Å². The molecule has 22 heavy (non-hydrogen) atoms. The van der Waals surface area contributed by atoms with Crippen molar-refractivity contribution in [3.05, 3.63) is 44.0 Å². The summed E-state index contributed by atoms with van der Waals surface area (Å²) in [5.74, 6) is -0.770. The molecule has 1 amide bonds. The minimum atomic E-state index is -0.810. The van der Waals surface area contributed by atoms with E-state index in [9.17, 15) is 25.0 Å². The summed E-state index contributed by atoms with van der Waals surface area (Å²) in [7, 11) is 0. The topological polar surface area (TPSA) is 127 Å². The second-order valence-electron chi connectivity index (χ2n) is 5.41. The van der Waals surface area contributed by atoms with Crippen LogP contribution in [0, 0.1) is 20.2 Å². The molecule has 0 aliphatic heterocycles. The molecule has 0 heterocycles. The molecule has 2 N–H and O–H groups in total. The molecule has 0 spiro atoms. The van der Waals surface area contributed by atoms with Gasteiger partial charge in [0.2, 0.25) is 0 Å². The average Bonchev–Trinajstić information content (AvgIpc) is 2.35. The Hall–Kier alpha value is -2.62. The lowest BCUT2D eigenvalue weighted by atomic mass is 10.1. The van der Waals surface area contributed by atoms with Crippen LogP contribution in [0.5, 0.6) is 0 Å². The summed E-state index contributed by atoms with van der Waals surface area (Å²) < 4.78 is 0. The van der Waals surface area contributed by atoms with Crippen molar-refractivity contribution in [3.63, 3.8) is 0 Å². The lowest BCUT2D eigenvalue weighted by Gasteiger charge is -2.22. The number of non-ortho nitro benzene ring substituents is 2. The molecule has 0 atom stereocenters. The monoisotopic (exact) mass is 326 g/mol. The first-order chi connectivity index (χ1) is 9.99. The fourth-order valence-corrected chi connectivity index (χ4v) is 1.88. The van der Waals surface area contributed by atoms with E-state index in [1.165, 1.54) is 0 Å². The number of thiocarbonyl (C=S) groups is 1. The Morgan fingerprint density at radius 3 is 1.91 bits per heavy atom. The van der Waals surface area contributed by atoms with Crippen molar-refractivity contribution in [1.29, 1.82) is 0 Å². The number of rotatable bonds is 3. The molecule has 0 fully saturated rings. The summed E-state index contributed by atoms with van der Waals surface area (Å²) in [6, 6.07) is 2.67. The zero-order chi connectivity index (χ0) is 17.1. The summed E-state index contributed by atoms with van der Waals surface area (Å²) >= 11 is 4.94. The van der Waals surface area contributed by atoms with Crippen molar-refractivity contribution in [2.45, 2.75) is 26.3 Å². The maximum atomic E-state index is 12.0. The van der Waals surface area contributed by atoms with Gasteiger partial charge < -0.3 is 5.32 Å². The van der Waals surface area contributed by atoms with E-state index in [2.05, 4.69) is 10.6 Å². The van der Waals surface area contributed by atoms with E-state index in [0.29, 0.717) is 0 Å². The first kappa shape index (κ1) is 17.4. The zero-order valence-corrected chi connectivity index (χ0v) is 12.9. The Balaban J connectivity index is 3.05. The van der Waals surface area contributed by atoms with Crippen molar-refractivity contribution < 1.29 is 14.6 Å². The van der Waals surface area contributed by atoms with Crippen LogP contribution in [0.15, 0.2) is 18.2 Å². The van der Waals surface area contributed by atoms with Crippen molar-refractivity contribution in [3.8, 4) is 0 Å². The largest absolute Gasteiger partial charge is 0.358 e. The van der Waals surface area contributed by atoms with Crippen LogP contribution in [-0.4, -0.2) is 26.4 Å². The number of hydrogen-bond acceptors (Lipinski definition) is 6. The number of benzene rings is 1. The van der Waals surface area contributed by atoms with E-state index < -0.39 is 27.1 Å². The summed E-state index contributed by atoms with van der Waals surface area (Å²) in [5.41, 5.74) is -1.71. The van der Waals surface area contributed by atoms with E-state index in [1.54, 1.807) is 0 Å². The van der Waals surface area contributed by atoms with Gasteiger partial charge in [-0.05, 0) is 33.0 Å². The van der Waals surface area contributed by atoms with E-state index in [4.69, 9.17) is 12.2 Å². The highest BCUT2D eigenvalue weighted by Gasteiger charge is 2.21. The van der Waals surface area contributed by atoms with E-state index >= 15 is 0 Å². The number of carbonyl (C=O) groups excluding carboxylic acids is 1. The lowest BCUT2D eigenvalue weighted by molar-refractivity contribution is -0.394. The minimum Gasteiger partial charge on any atom is -0.358 e. The van der Waals surface area contributed by atoms with E-state index in [1.807, 2.05) is 20.8 Å². The summed E-state index contributed by atoms with van der Waals surface area (Å²) in [5, 5.41) is 26.7. The van der Waals surface area contributed by atoms with Crippen molar-refractivity contribution in [2.75, 3.05) is 0 Å². The molecule has 0 saturated carbocycles. The third-order valence-corrected chi connectivity index (χ3v) is 2.51. The first-order valence-corrected chi connectivity index (χ1v) is 6.48. The third kappa shape index (κ3) is 5.05. The molecule has 10 heteroatoms. The highest BCUT2D eigenvalue weighted by molar-refractivity contribution is 7.80. The quantitative estimate of drug-likeness (QED) is 0.493. The number of nitrogens with one attached hydrogen (secondary N) is 2. The molecule has 118 valence electrons. The van der Waals surface area contributed by atoms with Crippen molar-refractivity contribution in [2.24, 2.45) is 0 Å². The maximum Gasteiger partial charge on any atom is 0.277 e. The van der Waals surface area contributed by atoms with Crippen LogP contribution in [0.1, 0.15) is 31.1 Å². The van der Waals surface area contributed by atoms with Gasteiger partial charge in [-0.15, -0.1) is 0 Å². The van der Waals surface area contributed by atoms with Gasteiger partial charge in [-0.1, -0.05) is 0 Å². The molecule has 1 aromatic carbocycles. The zero-order valence-electron chi connectivity index (χ0n) is 12.1. The van der Waals surface area contributed by atoms with Gasteiger partial charge in [-0.25, -0.2) is 0 Å². The Labute approximate surface area is 131 Å². The van der Waals surface area contributed by atoms with Crippen LogP contribution in [0.2, 0.25) is 0 Å². The number of nitro benzene ring substituents is 2. The smallest absolute Gasteiger partial charge is 0.277 e. The summed E-state index contributed by atoms with van der Waals surface area (Å²) in [4.78, 5) is 31.9. The lowest BCUT2D eigenvalue weighted by Crippen LogP contribution is -2.48. The molecule has 9 nitrogen and oxygen atoms in total. The highest BCUT2D eigenvalue weighted by atomic mass is 32.1. The highest BCUT2D eigenvalue weighted by Crippen LogP contribution is 2.22. The van der Waals surface area contributed by atoms with E-state index in [-0.39, 0.29) is 16.2 Å². The number of amides is 1. The van der Waals surface area contributed by atoms with E-state index in [0.717, 1.165) is 18.2 Å². The Bertz CT molecular complexity index is 621. The van der Waals surface area contributed by atoms with Crippen molar-refractivity contribution >= 4 is 34.6 Å². The van der Waals surface area contributed by atoms with Crippen LogP contribution in [0.3, 0.4) is 0 Å². The number of nitro groups is 2. The molecule has 0 bridgehead atoms. The predicted molar refractivity (Wildman–Crippen MR) is 82.7 cm³/mol. The van der Waals surface area contributed by atoms with Gasteiger partial charge in [-0.3, -0.25) is 30.3 Å². The van der Waals surface area contributed by atoms with Gasteiger partial charge in [0.15, 0.2) is 5.11 Å². The normalized spacial score (nSPS) is 10.7. The Kier molecular flexibility index (Phi) is 5.10. The molecule has 1 aromatic rings. The molecular weight excluding hydrogens is 312 g/mol. The van der Waals surface area contributed by atoms with Gasteiger partial charge in [0.25, 0.3) is 17.3 Å². The van der Waals surface area contributed by atoms with Gasteiger partial charge in [-0.2, -0.15) is 0 Å².